The molecule has 1 saturated carbocycles. The van der Waals surface area contributed by atoms with E-state index in [4.69, 9.17) is 0 Å². The average molecular weight is 138 g/mol. The van der Waals surface area contributed by atoms with E-state index in [2.05, 4.69) is 16.9 Å². The fourth-order valence-electron chi connectivity index (χ4n) is 0.713. The van der Waals surface area contributed by atoms with Gasteiger partial charge in [0.2, 0.25) is 0 Å². The fourth-order valence-corrected chi connectivity index (χ4v) is 0.713. The standard InChI is InChI=1S/C8H14N2/c1-6(9-3)7(2)10-8-4-5-8/h8,10H,2,4-5H2,1,3H3. The summed E-state index contributed by atoms with van der Waals surface area (Å²) >= 11 is 0. The van der Waals surface area contributed by atoms with Crippen LogP contribution in [0.4, 0.5) is 0 Å². The summed E-state index contributed by atoms with van der Waals surface area (Å²) in [6, 6.07) is 0.684. The summed E-state index contributed by atoms with van der Waals surface area (Å²) < 4.78 is 0. The van der Waals surface area contributed by atoms with Crippen molar-refractivity contribution >= 4 is 5.71 Å². The van der Waals surface area contributed by atoms with E-state index < -0.39 is 0 Å². The van der Waals surface area contributed by atoms with Crippen molar-refractivity contribution in [3.05, 3.63) is 12.3 Å². The van der Waals surface area contributed by atoms with Crippen LogP contribution in [0.25, 0.3) is 0 Å². The normalized spacial score (nSPS) is 18.8. The van der Waals surface area contributed by atoms with Gasteiger partial charge in [-0.2, -0.15) is 0 Å². The highest BCUT2D eigenvalue weighted by atomic mass is 15.0. The van der Waals surface area contributed by atoms with Gasteiger partial charge in [0.25, 0.3) is 0 Å². The Morgan fingerprint density at radius 3 is 2.60 bits per heavy atom. The number of aliphatic imine (C=N–C) groups is 1. The molecule has 0 radical (unpaired) electrons. The number of allylic oxidation sites excluding steroid dienone is 1. The van der Waals surface area contributed by atoms with Crippen molar-refractivity contribution in [2.45, 2.75) is 25.8 Å². The van der Waals surface area contributed by atoms with Crippen molar-refractivity contribution in [3.63, 3.8) is 0 Å². The number of rotatable bonds is 3. The molecule has 0 heterocycles. The Kier molecular flexibility index (Phi) is 2.10. The summed E-state index contributed by atoms with van der Waals surface area (Å²) in [5.74, 6) is 0. The minimum Gasteiger partial charge on any atom is -0.381 e. The molecular weight excluding hydrogens is 124 g/mol. The lowest BCUT2D eigenvalue weighted by atomic mass is 10.3. The van der Waals surface area contributed by atoms with E-state index in [1.54, 1.807) is 7.05 Å². The summed E-state index contributed by atoms with van der Waals surface area (Å²) in [5.41, 5.74) is 1.98. The van der Waals surface area contributed by atoms with E-state index in [0.717, 1.165) is 11.4 Å². The van der Waals surface area contributed by atoms with Crippen molar-refractivity contribution < 1.29 is 0 Å². The molecule has 1 aliphatic rings. The van der Waals surface area contributed by atoms with Gasteiger partial charge in [-0.15, -0.1) is 0 Å². The van der Waals surface area contributed by atoms with Gasteiger partial charge in [-0.3, -0.25) is 4.99 Å². The van der Waals surface area contributed by atoms with Gasteiger partial charge in [0.1, 0.15) is 0 Å². The molecule has 2 nitrogen and oxygen atoms in total. The van der Waals surface area contributed by atoms with Crippen molar-refractivity contribution in [2.24, 2.45) is 4.99 Å². The topological polar surface area (TPSA) is 24.4 Å². The van der Waals surface area contributed by atoms with Crippen LogP contribution >= 0.6 is 0 Å². The predicted molar refractivity (Wildman–Crippen MR) is 44.3 cm³/mol. The second kappa shape index (κ2) is 2.86. The molecule has 1 N–H and O–H groups in total. The predicted octanol–water partition coefficient (Wildman–Crippen LogP) is 1.34. The second-order valence-electron chi connectivity index (χ2n) is 2.71. The highest BCUT2D eigenvalue weighted by Crippen LogP contribution is 2.19. The highest BCUT2D eigenvalue weighted by molar-refractivity contribution is 5.97. The van der Waals surface area contributed by atoms with Crippen LogP contribution in [0.2, 0.25) is 0 Å². The van der Waals surface area contributed by atoms with Gasteiger partial charge in [0, 0.05) is 18.8 Å². The molecule has 0 aliphatic heterocycles. The second-order valence-corrected chi connectivity index (χ2v) is 2.71. The Labute approximate surface area is 62.0 Å². The third-order valence-electron chi connectivity index (χ3n) is 1.73. The average Bonchev–Trinajstić information content (AvgIpc) is 2.70. The zero-order valence-corrected chi connectivity index (χ0v) is 6.65. The monoisotopic (exact) mass is 138 g/mol. The maximum atomic E-state index is 4.02. The van der Waals surface area contributed by atoms with Crippen LogP contribution < -0.4 is 5.32 Å². The SMILES string of the molecule is C=C(NC1CC1)C(C)=NC. The van der Waals surface area contributed by atoms with Crippen LogP contribution in [-0.2, 0) is 0 Å². The first-order valence-electron chi connectivity index (χ1n) is 3.63. The minimum atomic E-state index is 0.684. The zero-order valence-electron chi connectivity index (χ0n) is 6.65. The van der Waals surface area contributed by atoms with Crippen molar-refractivity contribution in [1.82, 2.24) is 5.32 Å². The first-order chi connectivity index (χ1) is 4.74. The molecule has 0 bridgehead atoms. The maximum absolute atomic E-state index is 4.02. The zero-order chi connectivity index (χ0) is 7.56. The lowest BCUT2D eigenvalue weighted by molar-refractivity contribution is 0.838. The smallest absolute Gasteiger partial charge is 0.0538 e. The number of hydrogen-bond acceptors (Lipinski definition) is 2. The first kappa shape index (κ1) is 7.32. The molecule has 0 aromatic heterocycles. The van der Waals surface area contributed by atoms with Gasteiger partial charge in [0.15, 0.2) is 0 Å². The van der Waals surface area contributed by atoms with Crippen LogP contribution in [0.3, 0.4) is 0 Å². The van der Waals surface area contributed by atoms with Crippen molar-refractivity contribution in [1.29, 1.82) is 0 Å². The van der Waals surface area contributed by atoms with E-state index in [-0.39, 0.29) is 0 Å². The molecule has 0 atom stereocenters. The Hall–Kier alpha value is -0.790. The molecule has 1 aliphatic carbocycles. The summed E-state index contributed by atoms with van der Waals surface area (Å²) in [6.07, 6.45) is 2.58. The Balaban J connectivity index is 2.32. The molecule has 0 amide bonds. The molecule has 1 fully saturated rings. The first-order valence-corrected chi connectivity index (χ1v) is 3.63. The number of nitrogens with zero attached hydrogens (tertiary/aromatic N) is 1. The van der Waals surface area contributed by atoms with E-state index in [0.29, 0.717) is 6.04 Å². The largest absolute Gasteiger partial charge is 0.381 e. The van der Waals surface area contributed by atoms with Crippen LogP contribution in [0, 0.1) is 0 Å². The molecule has 0 spiro atoms. The summed E-state index contributed by atoms with van der Waals surface area (Å²) in [5, 5.41) is 3.28. The number of hydrogen-bond donors (Lipinski definition) is 1. The van der Waals surface area contributed by atoms with E-state index in [1.165, 1.54) is 12.8 Å². The van der Waals surface area contributed by atoms with Gasteiger partial charge in [-0.05, 0) is 19.8 Å². The van der Waals surface area contributed by atoms with Crippen LogP contribution in [0.5, 0.6) is 0 Å². The Bertz CT molecular complexity index is 166. The molecule has 0 aromatic rings. The molecule has 2 heteroatoms. The van der Waals surface area contributed by atoms with Crippen molar-refractivity contribution in [3.8, 4) is 0 Å². The van der Waals surface area contributed by atoms with E-state index in [9.17, 15) is 0 Å². The molecule has 1 rings (SSSR count). The van der Waals surface area contributed by atoms with Crippen LogP contribution in [0.1, 0.15) is 19.8 Å². The quantitative estimate of drug-likeness (QED) is 0.585. The molecule has 0 saturated heterocycles. The van der Waals surface area contributed by atoms with Gasteiger partial charge in [0.05, 0.1) is 5.71 Å². The third kappa shape index (κ3) is 1.87. The molecule has 0 aromatic carbocycles. The van der Waals surface area contributed by atoms with Gasteiger partial charge in [-0.1, -0.05) is 6.58 Å². The lowest BCUT2D eigenvalue weighted by Gasteiger charge is -2.05. The molecule has 56 valence electrons. The van der Waals surface area contributed by atoms with Gasteiger partial charge < -0.3 is 5.32 Å². The van der Waals surface area contributed by atoms with E-state index >= 15 is 0 Å². The Morgan fingerprint density at radius 2 is 2.20 bits per heavy atom. The van der Waals surface area contributed by atoms with Gasteiger partial charge in [-0.25, -0.2) is 0 Å². The number of nitrogens with one attached hydrogen (secondary N) is 1. The summed E-state index contributed by atoms with van der Waals surface area (Å²) in [4.78, 5) is 4.02. The lowest BCUT2D eigenvalue weighted by Crippen LogP contribution is -2.19. The molecule has 10 heavy (non-hydrogen) atoms. The minimum absolute atomic E-state index is 0.684. The van der Waals surface area contributed by atoms with Gasteiger partial charge >= 0.3 is 0 Å². The van der Waals surface area contributed by atoms with Crippen molar-refractivity contribution in [2.75, 3.05) is 7.05 Å². The molecular formula is C8H14N2. The molecule has 0 unspecified atom stereocenters. The fraction of sp³-hybridized carbons (Fsp3) is 0.625. The van der Waals surface area contributed by atoms with E-state index in [1.807, 2.05) is 6.92 Å². The van der Waals surface area contributed by atoms with Crippen LogP contribution in [-0.4, -0.2) is 18.8 Å². The van der Waals surface area contributed by atoms with Crippen LogP contribution in [0.15, 0.2) is 17.3 Å². The Morgan fingerprint density at radius 1 is 1.60 bits per heavy atom. The third-order valence-corrected chi connectivity index (χ3v) is 1.73. The maximum Gasteiger partial charge on any atom is 0.0538 e. The highest BCUT2D eigenvalue weighted by Gasteiger charge is 2.21. The summed E-state index contributed by atoms with van der Waals surface area (Å²) in [7, 11) is 1.79. The summed E-state index contributed by atoms with van der Waals surface area (Å²) in [6.45, 7) is 5.83.